The molecule has 23 heavy (non-hydrogen) atoms. The number of anilines is 3. The molecular formula is C16H17F2N3O2. The highest BCUT2D eigenvalue weighted by Gasteiger charge is 2.16. The molecule has 0 atom stereocenters. The van der Waals surface area contributed by atoms with Crippen LogP contribution in [-0.4, -0.2) is 16.7 Å². The summed E-state index contributed by atoms with van der Waals surface area (Å²) in [7, 11) is 0. The zero-order valence-electron chi connectivity index (χ0n) is 13.0. The summed E-state index contributed by atoms with van der Waals surface area (Å²) in [4.78, 5) is 15.7. The SMILES string of the molecule is CC(C)(C)OC(=O)Nc1ccc(Nc2ccc(F)c(F)c2)nc1. The first-order chi connectivity index (χ1) is 10.7. The van der Waals surface area contributed by atoms with Gasteiger partial charge in [0.05, 0.1) is 11.9 Å². The van der Waals surface area contributed by atoms with Crippen molar-refractivity contribution >= 4 is 23.3 Å². The van der Waals surface area contributed by atoms with Crippen LogP contribution in [0.1, 0.15) is 20.8 Å². The van der Waals surface area contributed by atoms with Crippen molar-refractivity contribution in [2.75, 3.05) is 10.6 Å². The number of benzene rings is 1. The van der Waals surface area contributed by atoms with Gasteiger partial charge in [-0.05, 0) is 45.0 Å². The van der Waals surface area contributed by atoms with Gasteiger partial charge in [-0.3, -0.25) is 5.32 Å². The maximum absolute atomic E-state index is 13.1. The van der Waals surface area contributed by atoms with Gasteiger partial charge in [0, 0.05) is 11.8 Å². The zero-order chi connectivity index (χ0) is 17.0. The number of nitrogens with zero attached hydrogens (tertiary/aromatic N) is 1. The van der Waals surface area contributed by atoms with E-state index in [4.69, 9.17) is 4.74 Å². The van der Waals surface area contributed by atoms with E-state index in [-0.39, 0.29) is 0 Å². The second-order valence-corrected chi connectivity index (χ2v) is 5.81. The van der Waals surface area contributed by atoms with Gasteiger partial charge in [0.2, 0.25) is 0 Å². The van der Waals surface area contributed by atoms with Crippen LogP contribution in [-0.2, 0) is 4.74 Å². The van der Waals surface area contributed by atoms with Gasteiger partial charge in [-0.15, -0.1) is 0 Å². The summed E-state index contributed by atoms with van der Waals surface area (Å²) < 4.78 is 31.1. The van der Waals surface area contributed by atoms with E-state index in [1.54, 1.807) is 32.9 Å². The lowest BCUT2D eigenvalue weighted by atomic mass is 10.2. The molecule has 0 saturated carbocycles. The van der Waals surface area contributed by atoms with Crippen molar-refractivity contribution in [2.24, 2.45) is 0 Å². The molecule has 1 amide bonds. The van der Waals surface area contributed by atoms with Crippen molar-refractivity contribution in [3.63, 3.8) is 0 Å². The zero-order valence-corrected chi connectivity index (χ0v) is 13.0. The lowest BCUT2D eigenvalue weighted by molar-refractivity contribution is 0.0636. The fraction of sp³-hybridized carbons (Fsp3) is 0.250. The Morgan fingerprint density at radius 3 is 2.35 bits per heavy atom. The number of pyridine rings is 1. The van der Waals surface area contributed by atoms with E-state index >= 15 is 0 Å². The Hall–Kier alpha value is -2.70. The number of hydrogen-bond donors (Lipinski definition) is 2. The number of carbonyl (C=O) groups excluding carboxylic acids is 1. The first-order valence-electron chi connectivity index (χ1n) is 6.91. The number of halogens is 2. The van der Waals surface area contributed by atoms with E-state index in [9.17, 15) is 13.6 Å². The summed E-state index contributed by atoms with van der Waals surface area (Å²) in [6.45, 7) is 5.29. The molecule has 0 unspecified atom stereocenters. The van der Waals surface area contributed by atoms with Crippen LogP contribution in [0.2, 0.25) is 0 Å². The maximum Gasteiger partial charge on any atom is 0.412 e. The average molecular weight is 321 g/mol. The van der Waals surface area contributed by atoms with Crippen molar-refractivity contribution in [3.05, 3.63) is 48.2 Å². The Balaban J connectivity index is 1.99. The molecule has 0 saturated heterocycles. The lowest BCUT2D eigenvalue weighted by Crippen LogP contribution is -2.27. The van der Waals surface area contributed by atoms with Gasteiger partial charge in [-0.2, -0.15) is 0 Å². The molecular weight excluding hydrogens is 304 g/mol. The summed E-state index contributed by atoms with van der Waals surface area (Å²) in [5, 5.41) is 5.37. The number of aromatic nitrogens is 1. The average Bonchev–Trinajstić information content (AvgIpc) is 2.43. The van der Waals surface area contributed by atoms with Crippen LogP contribution in [0.4, 0.5) is 30.8 Å². The summed E-state index contributed by atoms with van der Waals surface area (Å²) in [5.74, 6) is -1.44. The van der Waals surface area contributed by atoms with Crippen molar-refractivity contribution in [3.8, 4) is 0 Å². The highest BCUT2D eigenvalue weighted by atomic mass is 19.2. The molecule has 0 aliphatic rings. The van der Waals surface area contributed by atoms with E-state index in [1.807, 2.05) is 0 Å². The van der Waals surface area contributed by atoms with Gasteiger partial charge in [0.25, 0.3) is 0 Å². The number of nitrogens with one attached hydrogen (secondary N) is 2. The Bertz CT molecular complexity index is 697. The molecule has 5 nitrogen and oxygen atoms in total. The molecule has 2 rings (SSSR count). The predicted octanol–water partition coefficient (Wildman–Crippen LogP) is 4.45. The number of amides is 1. The molecule has 0 radical (unpaired) electrons. The van der Waals surface area contributed by atoms with Crippen molar-refractivity contribution < 1.29 is 18.3 Å². The molecule has 0 aliphatic heterocycles. The Morgan fingerprint density at radius 1 is 1.09 bits per heavy atom. The minimum atomic E-state index is -0.946. The molecule has 7 heteroatoms. The molecule has 1 aromatic heterocycles. The number of ether oxygens (including phenoxy) is 1. The van der Waals surface area contributed by atoms with Crippen LogP contribution in [0.25, 0.3) is 0 Å². The first-order valence-corrected chi connectivity index (χ1v) is 6.91. The fourth-order valence-corrected chi connectivity index (χ4v) is 1.68. The van der Waals surface area contributed by atoms with Crippen LogP contribution in [0.3, 0.4) is 0 Å². The van der Waals surface area contributed by atoms with E-state index < -0.39 is 23.3 Å². The third kappa shape index (κ3) is 5.21. The van der Waals surface area contributed by atoms with E-state index in [0.29, 0.717) is 17.2 Å². The van der Waals surface area contributed by atoms with Crippen molar-refractivity contribution in [1.82, 2.24) is 4.98 Å². The van der Waals surface area contributed by atoms with Gasteiger partial charge < -0.3 is 10.1 Å². The van der Waals surface area contributed by atoms with Gasteiger partial charge >= 0.3 is 6.09 Å². The number of rotatable bonds is 3. The highest BCUT2D eigenvalue weighted by Crippen LogP contribution is 2.19. The summed E-state index contributed by atoms with van der Waals surface area (Å²) >= 11 is 0. The van der Waals surface area contributed by atoms with E-state index in [1.165, 1.54) is 12.3 Å². The number of hydrogen-bond acceptors (Lipinski definition) is 4. The molecule has 0 spiro atoms. The monoisotopic (exact) mass is 321 g/mol. The third-order valence-corrected chi connectivity index (χ3v) is 2.60. The Kier molecular flexibility index (Phi) is 4.78. The van der Waals surface area contributed by atoms with E-state index in [0.717, 1.165) is 12.1 Å². The largest absolute Gasteiger partial charge is 0.444 e. The molecule has 0 bridgehead atoms. The molecule has 1 aromatic carbocycles. The lowest BCUT2D eigenvalue weighted by Gasteiger charge is -2.19. The van der Waals surface area contributed by atoms with Crippen molar-refractivity contribution in [1.29, 1.82) is 0 Å². The van der Waals surface area contributed by atoms with Gasteiger partial charge in [-0.25, -0.2) is 18.6 Å². The molecule has 0 aliphatic carbocycles. The van der Waals surface area contributed by atoms with Gasteiger partial charge in [0.15, 0.2) is 11.6 Å². The van der Waals surface area contributed by atoms with Crippen LogP contribution in [0, 0.1) is 11.6 Å². The maximum atomic E-state index is 13.1. The van der Waals surface area contributed by atoms with Crippen LogP contribution >= 0.6 is 0 Å². The van der Waals surface area contributed by atoms with Gasteiger partial charge in [-0.1, -0.05) is 0 Å². The Morgan fingerprint density at radius 2 is 1.78 bits per heavy atom. The quantitative estimate of drug-likeness (QED) is 0.876. The Labute approximate surface area is 132 Å². The molecule has 0 fully saturated rings. The third-order valence-electron chi connectivity index (χ3n) is 2.60. The summed E-state index contributed by atoms with van der Waals surface area (Å²) in [6, 6.07) is 6.65. The molecule has 2 N–H and O–H groups in total. The predicted molar refractivity (Wildman–Crippen MR) is 83.7 cm³/mol. The van der Waals surface area contributed by atoms with Crippen LogP contribution in [0.5, 0.6) is 0 Å². The second kappa shape index (κ2) is 6.60. The van der Waals surface area contributed by atoms with E-state index in [2.05, 4.69) is 15.6 Å². The van der Waals surface area contributed by atoms with Crippen LogP contribution < -0.4 is 10.6 Å². The minimum Gasteiger partial charge on any atom is -0.444 e. The fourth-order valence-electron chi connectivity index (χ4n) is 1.68. The summed E-state index contributed by atoms with van der Waals surface area (Å²) in [6.07, 6.45) is 0.840. The van der Waals surface area contributed by atoms with Gasteiger partial charge in [0.1, 0.15) is 11.4 Å². The topological polar surface area (TPSA) is 63.2 Å². The molecule has 1 heterocycles. The first kappa shape index (κ1) is 16.7. The molecule has 2 aromatic rings. The summed E-state index contributed by atoms with van der Waals surface area (Å²) in [5.41, 5.74) is 0.227. The standard InChI is InChI=1S/C16H17F2N3O2/c1-16(2,3)23-15(22)21-11-5-7-14(19-9-11)20-10-4-6-12(17)13(18)8-10/h4-9H,1-3H3,(H,19,20)(H,21,22). The van der Waals surface area contributed by atoms with Crippen molar-refractivity contribution in [2.45, 2.75) is 26.4 Å². The highest BCUT2D eigenvalue weighted by molar-refractivity contribution is 5.84. The second-order valence-electron chi connectivity index (χ2n) is 5.81. The molecule has 122 valence electrons. The normalized spacial score (nSPS) is 11.0. The van der Waals surface area contributed by atoms with Crippen LogP contribution in [0.15, 0.2) is 36.5 Å². The minimum absolute atomic E-state index is 0.365. The number of carbonyl (C=O) groups is 1. The smallest absolute Gasteiger partial charge is 0.412 e.